The van der Waals surface area contributed by atoms with Gasteiger partial charge < -0.3 is 10.2 Å². The third kappa shape index (κ3) is 2.45. The minimum atomic E-state index is -0.255. The molecular weight excluding hydrogens is 252 g/mol. The first-order valence-corrected chi connectivity index (χ1v) is 8.15. The minimum Gasteiger partial charge on any atom is -0.342 e. The largest absolute Gasteiger partial charge is 0.342 e. The molecule has 1 aliphatic heterocycles. The summed E-state index contributed by atoms with van der Waals surface area (Å²) in [6.07, 6.45) is 7.76. The summed E-state index contributed by atoms with van der Waals surface area (Å²) in [7, 11) is 0. The Morgan fingerprint density at radius 1 is 1.25 bits per heavy atom. The van der Waals surface area contributed by atoms with E-state index in [-0.39, 0.29) is 29.3 Å². The second-order valence-electron chi connectivity index (χ2n) is 7.23. The highest BCUT2D eigenvalue weighted by molar-refractivity contribution is 5.97. The van der Waals surface area contributed by atoms with E-state index in [1.165, 1.54) is 25.7 Å². The summed E-state index contributed by atoms with van der Waals surface area (Å²) in [5, 5.41) is 2.97. The molecule has 0 spiro atoms. The maximum Gasteiger partial charge on any atom is 0.246 e. The quantitative estimate of drug-likeness (QED) is 0.856. The first kappa shape index (κ1) is 13.9. The van der Waals surface area contributed by atoms with Gasteiger partial charge in [-0.3, -0.25) is 9.59 Å². The molecule has 2 atom stereocenters. The van der Waals surface area contributed by atoms with E-state index >= 15 is 0 Å². The molecule has 0 radical (unpaired) electrons. The van der Waals surface area contributed by atoms with E-state index in [4.69, 9.17) is 0 Å². The fraction of sp³-hybridized carbons (Fsp3) is 0.875. The number of nitrogens with one attached hydrogen (secondary N) is 1. The van der Waals surface area contributed by atoms with Crippen molar-refractivity contribution in [2.45, 2.75) is 70.9 Å². The predicted octanol–water partition coefficient (Wildman–Crippen LogP) is 2.08. The normalized spacial score (nSPS) is 33.4. The van der Waals surface area contributed by atoms with Crippen LogP contribution in [-0.4, -0.2) is 35.3 Å². The van der Waals surface area contributed by atoms with E-state index < -0.39 is 0 Å². The highest BCUT2D eigenvalue weighted by Gasteiger charge is 2.48. The lowest BCUT2D eigenvalue weighted by Crippen LogP contribution is -2.65. The Balaban J connectivity index is 1.79. The molecule has 4 heteroatoms. The number of piperazine rings is 1. The summed E-state index contributed by atoms with van der Waals surface area (Å²) in [4.78, 5) is 27.0. The molecule has 112 valence electrons. The number of carbonyl (C=O) groups excluding carboxylic acids is 2. The monoisotopic (exact) mass is 278 g/mol. The molecule has 4 nitrogen and oxygen atoms in total. The van der Waals surface area contributed by atoms with Gasteiger partial charge in [-0.2, -0.15) is 0 Å². The van der Waals surface area contributed by atoms with Crippen molar-refractivity contribution in [3.63, 3.8) is 0 Å². The van der Waals surface area contributed by atoms with Crippen LogP contribution in [0.25, 0.3) is 0 Å². The minimum absolute atomic E-state index is 0.0607. The maximum absolute atomic E-state index is 12.8. The second-order valence-corrected chi connectivity index (χ2v) is 7.23. The molecule has 0 aromatic carbocycles. The van der Waals surface area contributed by atoms with Crippen LogP contribution >= 0.6 is 0 Å². The van der Waals surface area contributed by atoms with Gasteiger partial charge in [0.2, 0.25) is 11.8 Å². The van der Waals surface area contributed by atoms with Crippen LogP contribution in [0.3, 0.4) is 0 Å². The number of nitrogens with zero attached hydrogens (tertiary/aromatic N) is 1. The third-order valence-corrected chi connectivity index (χ3v) is 5.37. The Hall–Kier alpha value is -1.06. The van der Waals surface area contributed by atoms with Gasteiger partial charge in [0.05, 0.1) is 0 Å². The van der Waals surface area contributed by atoms with Crippen LogP contribution in [0.5, 0.6) is 0 Å². The van der Waals surface area contributed by atoms with E-state index in [9.17, 15) is 9.59 Å². The molecule has 2 amide bonds. The molecule has 2 saturated carbocycles. The van der Waals surface area contributed by atoms with Gasteiger partial charge in [-0.1, -0.05) is 26.7 Å². The SMILES string of the molecule is CCC1C(=O)NC(C2CC2)C(=O)N1CC1(C)CCCC1. The standard InChI is InChI=1S/C16H26N2O2/c1-3-12-14(19)17-13(11-6-7-11)15(20)18(12)10-16(2)8-4-5-9-16/h11-13H,3-10H2,1-2H3,(H,17,19). The molecule has 2 aliphatic carbocycles. The van der Waals surface area contributed by atoms with Gasteiger partial charge in [0.1, 0.15) is 12.1 Å². The van der Waals surface area contributed by atoms with Gasteiger partial charge >= 0.3 is 0 Å². The van der Waals surface area contributed by atoms with Gasteiger partial charge in [-0.15, -0.1) is 0 Å². The van der Waals surface area contributed by atoms with Gasteiger partial charge in [-0.05, 0) is 43.4 Å². The molecule has 3 aliphatic rings. The average Bonchev–Trinajstić information content (AvgIpc) is 3.17. The number of carbonyl (C=O) groups is 2. The fourth-order valence-electron chi connectivity index (χ4n) is 3.93. The molecule has 0 bridgehead atoms. The number of hydrogen-bond acceptors (Lipinski definition) is 2. The Bertz CT molecular complexity index is 411. The number of hydrogen-bond donors (Lipinski definition) is 1. The van der Waals surface area contributed by atoms with Crippen molar-refractivity contribution in [2.24, 2.45) is 11.3 Å². The fourth-order valence-corrected chi connectivity index (χ4v) is 3.93. The van der Waals surface area contributed by atoms with Crippen LogP contribution in [0.1, 0.15) is 58.8 Å². The van der Waals surface area contributed by atoms with Crippen LogP contribution in [0.15, 0.2) is 0 Å². The Morgan fingerprint density at radius 3 is 2.45 bits per heavy atom. The van der Waals surface area contributed by atoms with Crippen molar-refractivity contribution >= 4 is 11.8 Å². The molecule has 3 rings (SSSR count). The molecule has 1 saturated heterocycles. The van der Waals surface area contributed by atoms with Crippen molar-refractivity contribution in [3.05, 3.63) is 0 Å². The van der Waals surface area contributed by atoms with E-state index in [0.29, 0.717) is 12.3 Å². The van der Waals surface area contributed by atoms with Crippen LogP contribution < -0.4 is 5.32 Å². The summed E-state index contributed by atoms with van der Waals surface area (Å²) in [5.41, 5.74) is 0.217. The van der Waals surface area contributed by atoms with E-state index in [0.717, 1.165) is 19.4 Å². The first-order chi connectivity index (χ1) is 9.54. The highest BCUT2D eigenvalue weighted by atomic mass is 16.2. The van der Waals surface area contributed by atoms with Gasteiger partial charge in [-0.25, -0.2) is 0 Å². The van der Waals surface area contributed by atoms with E-state index in [1.54, 1.807) is 0 Å². The summed E-state index contributed by atoms with van der Waals surface area (Å²) in [6.45, 7) is 5.04. The molecule has 2 unspecified atom stereocenters. The first-order valence-electron chi connectivity index (χ1n) is 8.15. The van der Waals surface area contributed by atoms with Gasteiger partial charge in [0.15, 0.2) is 0 Å². The Labute approximate surface area is 121 Å². The summed E-state index contributed by atoms with van der Waals surface area (Å²) in [5.74, 6) is 0.626. The van der Waals surface area contributed by atoms with Crippen molar-refractivity contribution in [2.75, 3.05) is 6.54 Å². The summed E-state index contributed by atoms with van der Waals surface area (Å²) in [6, 6.07) is -0.495. The molecule has 0 aromatic rings. The van der Waals surface area contributed by atoms with E-state index in [1.807, 2.05) is 11.8 Å². The van der Waals surface area contributed by atoms with Crippen LogP contribution in [0, 0.1) is 11.3 Å². The van der Waals surface area contributed by atoms with Crippen molar-refractivity contribution in [1.29, 1.82) is 0 Å². The van der Waals surface area contributed by atoms with E-state index in [2.05, 4.69) is 12.2 Å². The number of amides is 2. The van der Waals surface area contributed by atoms with Gasteiger partial charge in [0, 0.05) is 6.54 Å². The predicted molar refractivity (Wildman–Crippen MR) is 77.0 cm³/mol. The van der Waals surface area contributed by atoms with Crippen LogP contribution in [-0.2, 0) is 9.59 Å². The van der Waals surface area contributed by atoms with Crippen LogP contribution in [0.4, 0.5) is 0 Å². The molecule has 0 aromatic heterocycles. The molecule has 3 fully saturated rings. The highest BCUT2D eigenvalue weighted by Crippen LogP contribution is 2.40. The molecule has 20 heavy (non-hydrogen) atoms. The molecule has 1 heterocycles. The zero-order chi connectivity index (χ0) is 14.3. The lowest BCUT2D eigenvalue weighted by Gasteiger charge is -2.42. The van der Waals surface area contributed by atoms with Crippen molar-refractivity contribution < 1.29 is 9.59 Å². The lowest BCUT2D eigenvalue weighted by molar-refractivity contribution is -0.151. The zero-order valence-electron chi connectivity index (χ0n) is 12.7. The average molecular weight is 278 g/mol. The third-order valence-electron chi connectivity index (χ3n) is 5.37. The lowest BCUT2D eigenvalue weighted by atomic mass is 9.86. The zero-order valence-corrected chi connectivity index (χ0v) is 12.7. The Kier molecular flexibility index (Phi) is 3.51. The van der Waals surface area contributed by atoms with Crippen LogP contribution in [0.2, 0.25) is 0 Å². The molecular formula is C16H26N2O2. The number of rotatable bonds is 4. The van der Waals surface area contributed by atoms with Gasteiger partial charge in [0.25, 0.3) is 0 Å². The Morgan fingerprint density at radius 2 is 1.90 bits per heavy atom. The van der Waals surface area contributed by atoms with Crippen molar-refractivity contribution in [3.8, 4) is 0 Å². The summed E-state index contributed by atoms with van der Waals surface area (Å²) >= 11 is 0. The summed E-state index contributed by atoms with van der Waals surface area (Å²) < 4.78 is 0. The maximum atomic E-state index is 12.8. The topological polar surface area (TPSA) is 49.4 Å². The molecule has 1 N–H and O–H groups in total. The second kappa shape index (κ2) is 5.05. The smallest absolute Gasteiger partial charge is 0.246 e. The van der Waals surface area contributed by atoms with Crippen molar-refractivity contribution in [1.82, 2.24) is 10.2 Å².